The maximum atomic E-state index is 11.8. The van der Waals surface area contributed by atoms with E-state index < -0.39 is 27.7 Å². The van der Waals surface area contributed by atoms with Crippen LogP contribution in [-0.4, -0.2) is 26.2 Å². The molecule has 18 heavy (non-hydrogen) atoms. The second-order valence-corrected chi connectivity index (χ2v) is 5.82. The molecule has 0 radical (unpaired) electrons. The van der Waals surface area contributed by atoms with Gasteiger partial charge in [0.2, 0.25) is 0 Å². The Morgan fingerprint density at radius 1 is 1.50 bits per heavy atom. The number of nitrogens with one attached hydrogen (secondary N) is 1. The number of pyridine rings is 1. The Balaban J connectivity index is 2.84. The molecule has 0 fully saturated rings. The number of nitrogens with zero attached hydrogens (tertiary/aromatic N) is 1. The fourth-order valence-corrected chi connectivity index (χ4v) is 2.58. The van der Waals surface area contributed by atoms with Crippen molar-refractivity contribution in [2.45, 2.75) is 11.1 Å². The molecular weight excluding hydrogens is 365 g/mol. The van der Waals surface area contributed by atoms with E-state index in [9.17, 15) is 21.6 Å². The summed E-state index contributed by atoms with van der Waals surface area (Å²) in [6, 6.07) is 1.08. The number of halogens is 5. The quantitative estimate of drug-likeness (QED) is 0.653. The van der Waals surface area contributed by atoms with Crippen molar-refractivity contribution >= 4 is 37.6 Å². The highest BCUT2D eigenvalue weighted by Crippen LogP contribution is 2.22. The summed E-state index contributed by atoms with van der Waals surface area (Å²) in [6.07, 6.45) is -3.42. The minimum absolute atomic E-state index is 0.295. The highest BCUT2D eigenvalue weighted by molar-refractivity contribution is 9.10. The van der Waals surface area contributed by atoms with Crippen LogP contribution >= 0.6 is 27.5 Å². The van der Waals surface area contributed by atoms with Gasteiger partial charge in [0.05, 0.1) is 0 Å². The lowest BCUT2D eigenvalue weighted by Crippen LogP contribution is -2.29. The summed E-state index contributed by atoms with van der Waals surface area (Å²) in [5.74, 6) is 0. The van der Waals surface area contributed by atoms with Gasteiger partial charge in [-0.25, -0.2) is 13.4 Å². The first kappa shape index (κ1) is 15.6. The Kier molecular flexibility index (Phi) is 4.95. The maximum absolute atomic E-state index is 11.8. The van der Waals surface area contributed by atoms with E-state index in [2.05, 4.69) is 25.8 Å². The Bertz CT molecular complexity index is 537. The molecule has 102 valence electrons. The van der Waals surface area contributed by atoms with E-state index >= 15 is 0 Å². The van der Waals surface area contributed by atoms with Crippen molar-refractivity contribution < 1.29 is 26.4 Å². The van der Waals surface area contributed by atoms with E-state index in [1.165, 1.54) is 11.1 Å². The zero-order valence-electron chi connectivity index (χ0n) is 8.33. The summed E-state index contributed by atoms with van der Waals surface area (Å²) in [7, 11) is -4.33. The third-order valence-corrected chi connectivity index (χ3v) is 3.54. The van der Waals surface area contributed by atoms with Crippen LogP contribution in [0.15, 0.2) is 21.6 Å². The molecule has 1 rings (SSSR count). The van der Waals surface area contributed by atoms with Crippen LogP contribution in [0.1, 0.15) is 0 Å². The van der Waals surface area contributed by atoms with E-state index in [4.69, 9.17) is 11.6 Å². The standard InChI is InChI=1S/C7H5BrClF3N2O3S/c8-4-1-5(6(9)13-2-4)18(15,16)14-17-3-7(10,11)12/h1-2,14H,3H2. The van der Waals surface area contributed by atoms with Crippen molar-refractivity contribution in [1.29, 1.82) is 0 Å². The Hall–Kier alpha value is -0.420. The van der Waals surface area contributed by atoms with Gasteiger partial charge < -0.3 is 0 Å². The number of rotatable bonds is 4. The third kappa shape index (κ3) is 4.69. The van der Waals surface area contributed by atoms with Crippen molar-refractivity contribution in [3.63, 3.8) is 0 Å². The highest BCUT2D eigenvalue weighted by atomic mass is 79.9. The molecule has 0 aliphatic heterocycles. The molecule has 0 bridgehead atoms. The first-order valence-corrected chi connectivity index (χ1v) is 6.78. The molecule has 1 aromatic heterocycles. The zero-order valence-corrected chi connectivity index (χ0v) is 11.5. The van der Waals surface area contributed by atoms with Gasteiger partial charge >= 0.3 is 6.18 Å². The smallest absolute Gasteiger partial charge is 0.277 e. The minimum atomic E-state index is -4.65. The highest BCUT2D eigenvalue weighted by Gasteiger charge is 2.29. The monoisotopic (exact) mass is 368 g/mol. The van der Waals surface area contributed by atoms with Crippen molar-refractivity contribution in [1.82, 2.24) is 9.87 Å². The first-order valence-electron chi connectivity index (χ1n) is 4.13. The van der Waals surface area contributed by atoms with Crippen LogP contribution in [0.25, 0.3) is 0 Å². The molecule has 0 spiro atoms. The van der Waals surface area contributed by atoms with Gasteiger partial charge in [-0.1, -0.05) is 16.5 Å². The third-order valence-electron chi connectivity index (χ3n) is 1.47. The number of aromatic nitrogens is 1. The van der Waals surface area contributed by atoms with Gasteiger partial charge in [-0.3, -0.25) is 4.84 Å². The molecule has 1 heterocycles. The topological polar surface area (TPSA) is 68.3 Å². The largest absolute Gasteiger partial charge is 0.413 e. The molecule has 0 unspecified atom stereocenters. The Morgan fingerprint density at radius 2 is 2.11 bits per heavy atom. The molecule has 11 heteroatoms. The van der Waals surface area contributed by atoms with Crippen LogP contribution in [0.4, 0.5) is 13.2 Å². The molecule has 0 saturated heterocycles. The lowest BCUT2D eigenvalue weighted by atomic mass is 10.5. The molecular formula is C7H5BrClF3N2O3S. The van der Waals surface area contributed by atoms with Gasteiger partial charge in [-0.15, -0.1) is 0 Å². The summed E-state index contributed by atoms with van der Waals surface area (Å²) < 4.78 is 58.7. The second kappa shape index (κ2) is 5.70. The molecule has 0 saturated carbocycles. The number of hydrogen-bond donors (Lipinski definition) is 1. The van der Waals surface area contributed by atoms with Crippen molar-refractivity contribution in [3.8, 4) is 0 Å². The van der Waals surface area contributed by atoms with E-state index in [1.807, 2.05) is 0 Å². The van der Waals surface area contributed by atoms with Crippen molar-refractivity contribution in [2.24, 2.45) is 0 Å². The van der Waals surface area contributed by atoms with Crippen LogP contribution in [0.3, 0.4) is 0 Å². The summed E-state index contributed by atoms with van der Waals surface area (Å²) in [6.45, 7) is -1.76. The molecule has 0 aliphatic rings. The molecule has 1 aromatic rings. The molecule has 1 N–H and O–H groups in total. The number of alkyl halides is 3. The fourth-order valence-electron chi connectivity index (χ4n) is 0.826. The van der Waals surface area contributed by atoms with Crippen LogP contribution in [0, 0.1) is 0 Å². The molecule has 0 amide bonds. The van der Waals surface area contributed by atoms with E-state index in [-0.39, 0.29) is 5.15 Å². The van der Waals surface area contributed by atoms with E-state index in [0.29, 0.717) is 4.47 Å². The molecule has 0 aromatic carbocycles. The Morgan fingerprint density at radius 3 is 2.67 bits per heavy atom. The summed E-state index contributed by atoms with van der Waals surface area (Å²) >= 11 is 8.48. The SMILES string of the molecule is O=S(=O)(NOCC(F)(F)F)c1cc(Br)cnc1Cl. The summed E-state index contributed by atoms with van der Waals surface area (Å²) in [5, 5.41) is -0.388. The van der Waals surface area contributed by atoms with Crippen LogP contribution in [0.5, 0.6) is 0 Å². The van der Waals surface area contributed by atoms with E-state index in [1.54, 1.807) is 0 Å². The van der Waals surface area contributed by atoms with Gasteiger partial charge in [0.15, 0.2) is 6.61 Å². The van der Waals surface area contributed by atoms with Crippen molar-refractivity contribution in [3.05, 3.63) is 21.9 Å². The summed E-state index contributed by atoms with van der Waals surface area (Å²) in [5.41, 5.74) is 0. The average molecular weight is 370 g/mol. The maximum Gasteiger partial charge on any atom is 0.413 e. The second-order valence-electron chi connectivity index (χ2n) is 2.93. The van der Waals surface area contributed by atoms with Gasteiger partial charge in [0.1, 0.15) is 10.0 Å². The number of hydrogen-bond acceptors (Lipinski definition) is 4. The first-order chi connectivity index (χ1) is 8.12. The lowest BCUT2D eigenvalue weighted by molar-refractivity contribution is -0.181. The minimum Gasteiger partial charge on any atom is -0.277 e. The lowest BCUT2D eigenvalue weighted by Gasteiger charge is -2.09. The van der Waals surface area contributed by atoms with Gasteiger partial charge in [-0.2, -0.15) is 13.2 Å². The molecule has 5 nitrogen and oxygen atoms in total. The molecule has 0 aliphatic carbocycles. The predicted molar refractivity (Wildman–Crippen MR) is 59.3 cm³/mol. The Labute approximate surface area is 113 Å². The predicted octanol–water partition coefficient (Wildman–Crippen LogP) is 2.27. The molecule has 0 atom stereocenters. The normalized spacial score (nSPS) is 12.7. The number of sulfonamides is 1. The van der Waals surface area contributed by atoms with Crippen molar-refractivity contribution in [2.75, 3.05) is 6.61 Å². The summed E-state index contributed by atoms with van der Waals surface area (Å²) in [4.78, 5) is 8.18. The van der Waals surface area contributed by atoms with Crippen LogP contribution in [0.2, 0.25) is 5.15 Å². The fraction of sp³-hybridized carbons (Fsp3) is 0.286. The van der Waals surface area contributed by atoms with Gasteiger partial charge in [0.25, 0.3) is 10.0 Å². The van der Waals surface area contributed by atoms with Crippen LogP contribution in [-0.2, 0) is 14.9 Å². The van der Waals surface area contributed by atoms with Gasteiger partial charge in [-0.05, 0) is 22.0 Å². The average Bonchev–Trinajstić information content (AvgIpc) is 2.19. The van der Waals surface area contributed by atoms with E-state index in [0.717, 1.165) is 6.07 Å². The van der Waals surface area contributed by atoms with Gasteiger partial charge in [0, 0.05) is 10.7 Å². The zero-order chi connectivity index (χ0) is 14.0. The van der Waals surface area contributed by atoms with Crippen LogP contribution < -0.4 is 4.89 Å².